The van der Waals surface area contributed by atoms with Crippen LogP contribution in [0.2, 0.25) is 0 Å². The number of carbonyl (C=O) groups is 2. The molecule has 1 fully saturated rings. The summed E-state index contributed by atoms with van der Waals surface area (Å²) in [6.45, 7) is 1.57. The summed E-state index contributed by atoms with van der Waals surface area (Å²) in [6, 6.07) is 5.87. The highest BCUT2D eigenvalue weighted by Crippen LogP contribution is 2.42. The molecular formula is C17H18N2O3. The van der Waals surface area contributed by atoms with Gasteiger partial charge in [0.25, 0.3) is 5.91 Å². The van der Waals surface area contributed by atoms with Crippen molar-refractivity contribution >= 4 is 28.9 Å². The largest absolute Gasteiger partial charge is 0.478 e. The van der Waals surface area contributed by atoms with E-state index in [1.54, 1.807) is 26.1 Å². The second-order valence-electron chi connectivity index (χ2n) is 5.74. The number of carboxylic acids is 1. The minimum absolute atomic E-state index is 0.186. The van der Waals surface area contributed by atoms with Gasteiger partial charge in [0.1, 0.15) is 5.69 Å². The van der Waals surface area contributed by atoms with Gasteiger partial charge in [0.05, 0.1) is 0 Å². The van der Waals surface area contributed by atoms with Crippen LogP contribution in [0.5, 0.6) is 0 Å². The molecule has 22 heavy (non-hydrogen) atoms. The average Bonchev–Trinajstić information content (AvgIpc) is 3.25. The van der Waals surface area contributed by atoms with Crippen molar-refractivity contribution in [2.75, 3.05) is 7.05 Å². The van der Waals surface area contributed by atoms with Crippen LogP contribution in [-0.4, -0.2) is 29.0 Å². The summed E-state index contributed by atoms with van der Waals surface area (Å²) in [5, 5.41) is 12.6. The first-order valence-corrected chi connectivity index (χ1v) is 7.30. The minimum atomic E-state index is -0.938. The normalized spacial score (nSPS) is 15.1. The van der Waals surface area contributed by atoms with Crippen LogP contribution in [0.4, 0.5) is 0 Å². The molecule has 5 heteroatoms. The SMILES string of the molecule is CNC(=O)c1cc2c(/C=C(\C)C(=O)O)cc(C3CC3)cc2[nH]1. The summed E-state index contributed by atoms with van der Waals surface area (Å²) in [5.41, 5.74) is 3.66. The van der Waals surface area contributed by atoms with E-state index in [0.29, 0.717) is 11.6 Å². The van der Waals surface area contributed by atoms with E-state index in [-0.39, 0.29) is 11.5 Å². The highest BCUT2D eigenvalue weighted by atomic mass is 16.4. The van der Waals surface area contributed by atoms with E-state index < -0.39 is 5.97 Å². The van der Waals surface area contributed by atoms with Crippen molar-refractivity contribution in [2.24, 2.45) is 0 Å². The number of carboxylic acid groups (broad SMARTS) is 1. The van der Waals surface area contributed by atoms with Crippen molar-refractivity contribution in [3.05, 3.63) is 40.6 Å². The molecule has 114 valence electrons. The number of hydrogen-bond donors (Lipinski definition) is 3. The molecule has 1 aromatic heterocycles. The first kappa shape index (κ1) is 14.4. The summed E-state index contributed by atoms with van der Waals surface area (Å²) in [7, 11) is 1.58. The molecule has 0 aliphatic heterocycles. The van der Waals surface area contributed by atoms with Gasteiger partial charge in [0.15, 0.2) is 0 Å². The van der Waals surface area contributed by atoms with Crippen LogP contribution < -0.4 is 5.32 Å². The second kappa shape index (κ2) is 5.33. The zero-order valence-corrected chi connectivity index (χ0v) is 12.6. The minimum Gasteiger partial charge on any atom is -0.478 e. The van der Waals surface area contributed by atoms with Gasteiger partial charge < -0.3 is 15.4 Å². The zero-order chi connectivity index (χ0) is 15.9. The Bertz CT molecular complexity index is 798. The van der Waals surface area contributed by atoms with Gasteiger partial charge in [-0.3, -0.25) is 4.79 Å². The van der Waals surface area contributed by atoms with E-state index in [1.165, 1.54) is 5.56 Å². The molecule has 1 heterocycles. The maximum absolute atomic E-state index is 11.8. The molecule has 1 saturated carbocycles. The van der Waals surface area contributed by atoms with E-state index in [1.807, 2.05) is 6.07 Å². The Morgan fingerprint density at radius 2 is 2.05 bits per heavy atom. The molecule has 0 bridgehead atoms. The van der Waals surface area contributed by atoms with Crippen molar-refractivity contribution in [3.63, 3.8) is 0 Å². The number of carbonyl (C=O) groups excluding carboxylic acids is 1. The van der Waals surface area contributed by atoms with Crippen molar-refractivity contribution in [1.82, 2.24) is 10.3 Å². The van der Waals surface area contributed by atoms with Crippen molar-refractivity contribution in [2.45, 2.75) is 25.7 Å². The Balaban J connectivity index is 2.18. The molecular weight excluding hydrogens is 280 g/mol. The van der Waals surface area contributed by atoms with Gasteiger partial charge in [-0.2, -0.15) is 0 Å². The van der Waals surface area contributed by atoms with Gasteiger partial charge in [0, 0.05) is 23.5 Å². The molecule has 1 aromatic carbocycles. The standard InChI is InChI=1S/C17H18N2O3/c1-9(17(21)22)5-12-6-11(10-3-4-10)7-14-13(12)8-15(19-14)16(20)18-2/h5-8,10,19H,3-4H2,1-2H3,(H,18,20)(H,21,22)/b9-5+. The second-order valence-corrected chi connectivity index (χ2v) is 5.74. The van der Waals surface area contributed by atoms with Crippen molar-refractivity contribution < 1.29 is 14.7 Å². The molecule has 1 aliphatic carbocycles. The van der Waals surface area contributed by atoms with Crippen LogP contribution in [0.25, 0.3) is 17.0 Å². The highest BCUT2D eigenvalue weighted by Gasteiger charge is 2.25. The summed E-state index contributed by atoms with van der Waals surface area (Å²) < 4.78 is 0. The number of benzene rings is 1. The highest BCUT2D eigenvalue weighted by molar-refractivity contribution is 6.02. The molecule has 0 spiro atoms. The van der Waals surface area contributed by atoms with Crippen LogP contribution in [0.15, 0.2) is 23.8 Å². The van der Waals surface area contributed by atoms with Crippen molar-refractivity contribution in [3.8, 4) is 0 Å². The van der Waals surface area contributed by atoms with Gasteiger partial charge in [-0.05, 0) is 55.0 Å². The van der Waals surface area contributed by atoms with E-state index in [4.69, 9.17) is 5.11 Å². The predicted molar refractivity (Wildman–Crippen MR) is 85.0 cm³/mol. The Morgan fingerprint density at radius 1 is 1.32 bits per heavy atom. The summed E-state index contributed by atoms with van der Waals surface area (Å²) >= 11 is 0. The average molecular weight is 298 g/mol. The van der Waals surface area contributed by atoms with Gasteiger partial charge in [-0.1, -0.05) is 6.07 Å². The van der Waals surface area contributed by atoms with Gasteiger partial charge in [0.2, 0.25) is 0 Å². The fourth-order valence-electron chi connectivity index (χ4n) is 2.61. The van der Waals surface area contributed by atoms with E-state index >= 15 is 0 Å². The lowest BCUT2D eigenvalue weighted by Gasteiger charge is -2.04. The molecule has 5 nitrogen and oxygen atoms in total. The van der Waals surface area contributed by atoms with E-state index in [0.717, 1.165) is 29.3 Å². The third kappa shape index (κ3) is 2.62. The van der Waals surface area contributed by atoms with E-state index in [9.17, 15) is 9.59 Å². The number of rotatable bonds is 4. The molecule has 3 N–H and O–H groups in total. The molecule has 0 saturated heterocycles. The first-order valence-electron chi connectivity index (χ1n) is 7.30. The van der Waals surface area contributed by atoms with Crippen molar-refractivity contribution in [1.29, 1.82) is 0 Å². The van der Waals surface area contributed by atoms with Crippen LogP contribution in [0.3, 0.4) is 0 Å². The lowest BCUT2D eigenvalue weighted by molar-refractivity contribution is -0.132. The smallest absolute Gasteiger partial charge is 0.331 e. The molecule has 2 aromatic rings. The lowest BCUT2D eigenvalue weighted by Crippen LogP contribution is -2.17. The number of nitrogens with one attached hydrogen (secondary N) is 2. The summed E-state index contributed by atoms with van der Waals surface area (Å²) in [6.07, 6.45) is 3.99. The fourth-order valence-corrected chi connectivity index (χ4v) is 2.61. The maximum Gasteiger partial charge on any atom is 0.331 e. The Morgan fingerprint density at radius 3 is 2.64 bits per heavy atom. The van der Waals surface area contributed by atoms with Crippen LogP contribution in [0.1, 0.15) is 47.3 Å². The third-order valence-corrected chi connectivity index (χ3v) is 4.02. The number of aromatic amines is 1. The van der Waals surface area contributed by atoms with Crippen LogP contribution >= 0.6 is 0 Å². The fraction of sp³-hybridized carbons (Fsp3) is 0.294. The number of aromatic nitrogens is 1. The first-order chi connectivity index (χ1) is 10.5. The summed E-state index contributed by atoms with van der Waals surface area (Å²) in [4.78, 5) is 26.0. The maximum atomic E-state index is 11.8. The monoisotopic (exact) mass is 298 g/mol. The number of hydrogen-bond acceptors (Lipinski definition) is 2. The topological polar surface area (TPSA) is 82.2 Å². The number of fused-ring (bicyclic) bond motifs is 1. The molecule has 3 rings (SSSR count). The third-order valence-electron chi connectivity index (χ3n) is 4.02. The quantitative estimate of drug-likeness (QED) is 0.759. The number of aliphatic carboxylic acids is 1. The summed E-state index contributed by atoms with van der Waals surface area (Å²) in [5.74, 6) is -0.575. The Kier molecular flexibility index (Phi) is 3.48. The molecule has 0 atom stereocenters. The molecule has 1 aliphatic rings. The van der Waals surface area contributed by atoms with E-state index in [2.05, 4.69) is 16.4 Å². The number of H-pyrrole nitrogens is 1. The zero-order valence-electron chi connectivity index (χ0n) is 12.6. The predicted octanol–water partition coefficient (Wildman–Crippen LogP) is 2.89. The number of amides is 1. The van der Waals surface area contributed by atoms with Crippen LogP contribution in [0, 0.1) is 0 Å². The van der Waals surface area contributed by atoms with Gasteiger partial charge in [-0.15, -0.1) is 0 Å². The van der Waals surface area contributed by atoms with Crippen LogP contribution in [-0.2, 0) is 4.79 Å². The van der Waals surface area contributed by atoms with Gasteiger partial charge in [-0.25, -0.2) is 4.79 Å². The Hall–Kier alpha value is -2.56. The molecule has 1 amide bonds. The molecule has 0 unspecified atom stereocenters. The lowest BCUT2D eigenvalue weighted by atomic mass is 10.0. The molecule has 0 radical (unpaired) electrons. The van der Waals surface area contributed by atoms with Gasteiger partial charge >= 0.3 is 5.97 Å². The Labute approximate surface area is 128 Å².